The lowest BCUT2D eigenvalue weighted by atomic mass is 10.1. The fourth-order valence-corrected chi connectivity index (χ4v) is 0.797. The van der Waals surface area contributed by atoms with Gasteiger partial charge in [0.2, 0.25) is 5.60 Å². The van der Waals surface area contributed by atoms with Gasteiger partial charge in [-0.25, -0.2) is 9.68 Å². The largest absolute Gasteiger partial charge is 0.467 e. The summed E-state index contributed by atoms with van der Waals surface area (Å²) in [5.74, 6) is -0.673. The van der Waals surface area contributed by atoms with Crippen molar-refractivity contribution in [3.8, 4) is 0 Å². The van der Waals surface area contributed by atoms with Crippen molar-refractivity contribution < 1.29 is 24.4 Å². The van der Waals surface area contributed by atoms with Crippen molar-refractivity contribution in [1.29, 1.82) is 0 Å². The highest BCUT2D eigenvalue weighted by Crippen LogP contribution is 2.12. The van der Waals surface area contributed by atoms with Gasteiger partial charge in [-0.1, -0.05) is 6.08 Å². The second kappa shape index (κ2) is 6.53. The van der Waals surface area contributed by atoms with Crippen LogP contribution in [0.15, 0.2) is 12.2 Å². The van der Waals surface area contributed by atoms with E-state index in [2.05, 4.69) is 9.62 Å². The van der Waals surface area contributed by atoms with Crippen molar-refractivity contribution in [2.45, 2.75) is 19.4 Å². The van der Waals surface area contributed by atoms with Crippen LogP contribution in [0.1, 0.15) is 13.8 Å². The monoisotopic (exact) mass is 204 g/mol. The Labute approximate surface area is 83.2 Å². The molecule has 0 radical (unpaired) electrons. The van der Waals surface area contributed by atoms with Gasteiger partial charge in [0.25, 0.3) is 0 Å². The number of methoxy groups -OCH3 is 1. The molecule has 1 N–H and O–H groups in total. The molecule has 5 heteroatoms. The van der Waals surface area contributed by atoms with E-state index in [1.165, 1.54) is 20.1 Å². The minimum atomic E-state index is -1.47. The molecule has 0 saturated heterocycles. The summed E-state index contributed by atoms with van der Waals surface area (Å²) < 4.78 is 9.46. The maximum Gasteiger partial charge on any atom is 0.345 e. The van der Waals surface area contributed by atoms with Crippen LogP contribution in [0, 0.1) is 0 Å². The molecule has 1 atom stereocenters. The SMILES string of the molecule is CCOC/C=C/C(C)(OO)C(=O)OC. The van der Waals surface area contributed by atoms with Gasteiger partial charge in [-0.15, -0.1) is 0 Å². The van der Waals surface area contributed by atoms with Crippen molar-refractivity contribution in [2.75, 3.05) is 20.3 Å². The fourth-order valence-electron chi connectivity index (χ4n) is 0.797. The van der Waals surface area contributed by atoms with Gasteiger partial charge in [-0.3, -0.25) is 5.26 Å². The molecule has 0 aliphatic rings. The first-order valence-corrected chi connectivity index (χ1v) is 4.27. The number of rotatable bonds is 6. The Hall–Kier alpha value is -0.910. The summed E-state index contributed by atoms with van der Waals surface area (Å²) in [6.07, 6.45) is 2.96. The molecule has 14 heavy (non-hydrogen) atoms. The van der Waals surface area contributed by atoms with Crippen LogP contribution in [-0.2, 0) is 19.2 Å². The number of hydrogen-bond donors (Lipinski definition) is 1. The summed E-state index contributed by atoms with van der Waals surface area (Å²) in [7, 11) is 1.22. The molecule has 5 nitrogen and oxygen atoms in total. The molecule has 0 aromatic heterocycles. The normalized spacial score (nSPS) is 15.4. The van der Waals surface area contributed by atoms with E-state index in [4.69, 9.17) is 9.99 Å². The lowest BCUT2D eigenvalue weighted by molar-refractivity contribution is -0.298. The van der Waals surface area contributed by atoms with Gasteiger partial charge in [0.1, 0.15) is 0 Å². The Bertz CT molecular complexity index is 201. The fraction of sp³-hybridized carbons (Fsp3) is 0.667. The summed E-state index contributed by atoms with van der Waals surface area (Å²) in [5, 5.41) is 8.55. The minimum Gasteiger partial charge on any atom is -0.467 e. The Morgan fingerprint density at radius 2 is 2.21 bits per heavy atom. The predicted molar refractivity (Wildman–Crippen MR) is 49.8 cm³/mol. The van der Waals surface area contributed by atoms with E-state index in [0.29, 0.717) is 13.2 Å². The van der Waals surface area contributed by atoms with E-state index in [0.717, 1.165) is 0 Å². The summed E-state index contributed by atoms with van der Waals surface area (Å²) in [4.78, 5) is 15.2. The van der Waals surface area contributed by atoms with Gasteiger partial charge in [0.15, 0.2) is 0 Å². The van der Waals surface area contributed by atoms with Gasteiger partial charge in [0, 0.05) is 6.61 Å². The van der Waals surface area contributed by atoms with Gasteiger partial charge in [-0.2, -0.15) is 0 Å². The van der Waals surface area contributed by atoms with E-state index in [9.17, 15) is 4.79 Å². The number of ether oxygens (including phenoxy) is 2. The van der Waals surface area contributed by atoms with Gasteiger partial charge >= 0.3 is 5.97 Å². The van der Waals surface area contributed by atoms with Crippen LogP contribution in [0.2, 0.25) is 0 Å². The summed E-state index contributed by atoms with van der Waals surface area (Å²) in [6, 6.07) is 0. The van der Waals surface area contributed by atoms with Crippen LogP contribution >= 0.6 is 0 Å². The molecule has 0 rings (SSSR count). The minimum absolute atomic E-state index is 0.354. The quantitative estimate of drug-likeness (QED) is 0.230. The Morgan fingerprint density at radius 3 is 2.64 bits per heavy atom. The predicted octanol–water partition coefficient (Wildman–Crippen LogP) is 1.00. The van der Waals surface area contributed by atoms with Crippen LogP contribution in [-0.4, -0.2) is 37.2 Å². The zero-order valence-electron chi connectivity index (χ0n) is 8.65. The van der Waals surface area contributed by atoms with Crippen LogP contribution in [0.4, 0.5) is 0 Å². The molecule has 0 spiro atoms. The summed E-state index contributed by atoms with van der Waals surface area (Å²) in [5.41, 5.74) is -1.47. The Kier molecular flexibility index (Phi) is 6.11. The molecule has 0 bridgehead atoms. The smallest absolute Gasteiger partial charge is 0.345 e. The average molecular weight is 204 g/mol. The van der Waals surface area contributed by atoms with E-state index in [-0.39, 0.29) is 0 Å². The summed E-state index contributed by atoms with van der Waals surface area (Å²) >= 11 is 0. The van der Waals surface area contributed by atoms with E-state index in [1.54, 1.807) is 6.08 Å². The van der Waals surface area contributed by atoms with Crippen LogP contribution < -0.4 is 0 Å². The van der Waals surface area contributed by atoms with Gasteiger partial charge in [-0.05, 0) is 19.9 Å². The molecule has 0 saturated carbocycles. The van der Waals surface area contributed by atoms with Crippen molar-refractivity contribution in [1.82, 2.24) is 0 Å². The third-order valence-electron chi connectivity index (χ3n) is 1.63. The second-order valence-electron chi connectivity index (χ2n) is 2.75. The number of esters is 1. The van der Waals surface area contributed by atoms with E-state index >= 15 is 0 Å². The number of carbonyl (C=O) groups excluding carboxylic acids is 1. The number of hydrogen-bond acceptors (Lipinski definition) is 5. The van der Waals surface area contributed by atoms with Crippen molar-refractivity contribution in [3.63, 3.8) is 0 Å². The van der Waals surface area contributed by atoms with Gasteiger partial charge in [0.05, 0.1) is 13.7 Å². The maximum atomic E-state index is 11.1. The van der Waals surface area contributed by atoms with E-state index < -0.39 is 11.6 Å². The third kappa shape index (κ3) is 3.87. The molecular formula is C9H16O5. The lowest BCUT2D eigenvalue weighted by Crippen LogP contribution is -2.36. The average Bonchev–Trinajstić information content (AvgIpc) is 2.22. The van der Waals surface area contributed by atoms with Crippen LogP contribution in [0.5, 0.6) is 0 Å². The highest BCUT2D eigenvalue weighted by molar-refractivity contribution is 5.81. The Balaban J connectivity index is 4.24. The number of carbonyl (C=O) groups is 1. The molecule has 0 aromatic carbocycles. The van der Waals surface area contributed by atoms with Crippen molar-refractivity contribution in [2.24, 2.45) is 0 Å². The Morgan fingerprint density at radius 1 is 1.57 bits per heavy atom. The lowest BCUT2D eigenvalue weighted by Gasteiger charge is -2.18. The highest BCUT2D eigenvalue weighted by atomic mass is 17.1. The molecule has 0 heterocycles. The summed E-state index contributed by atoms with van der Waals surface area (Å²) in [6.45, 7) is 4.18. The first-order chi connectivity index (χ1) is 6.60. The first-order valence-electron chi connectivity index (χ1n) is 4.27. The van der Waals surface area contributed by atoms with Crippen LogP contribution in [0.3, 0.4) is 0 Å². The maximum absolute atomic E-state index is 11.1. The second-order valence-corrected chi connectivity index (χ2v) is 2.75. The molecule has 0 aromatic rings. The first kappa shape index (κ1) is 13.1. The molecular weight excluding hydrogens is 188 g/mol. The molecule has 82 valence electrons. The zero-order valence-corrected chi connectivity index (χ0v) is 8.65. The van der Waals surface area contributed by atoms with Crippen molar-refractivity contribution >= 4 is 5.97 Å². The molecule has 0 amide bonds. The highest BCUT2D eigenvalue weighted by Gasteiger charge is 2.33. The molecule has 0 fully saturated rings. The van der Waals surface area contributed by atoms with Gasteiger partial charge < -0.3 is 9.47 Å². The zero-order chi connectivity index (χ0) is 11.0. The standard InChI is InChI=1S/C9H16O5/c1-4-13-7-5-6-9(2,14-11)8(10)12-3/h5-6,11H,4,7H2,1-3H3/b6-5+. The molecule has 0 aliphatic heterocycles. The topological polar surface area (TPSA) is 65.0 Å². The van der Waals surface area contributed by atoms with Crippen LogP contribution in [0.25, 0.3) is 0 Å². The molecule has 1 unspecified atom stereocenters. The van der Waals surface area contributed by atoms with E-state index in [1.807, 2.05) is 6.92 Å². The molecule has 0 aliphatic carbocycles. The van der Waals surface area contributed by atoms with Crippen molar-refractivity contribution in [3.05, 3.63) is 12.2 Å². The third-order valence-corrected chi connectivity index (χ3v) is 1.63.